The van der Waals surface area contributed by atoms with Gasteiger partial charge in [-0.15, -0.1) is 0 Å². The van der Waals surface area contributed by atoms with Gasteiger partial charge >= 0.3 is 0 Å². The second-order valence-corrected chi connectivity index (χ2v) is 10.1. The lowest BCUT2D eigenvalue weighted by Crippen LogP contribution is -2.38. The van der Waals surface area contributed by atoms with Gasteiger partial charge in [0.05, 0.1) is 16.5 Å². The summed E-state index contributed by atoms with van der Waals surface area (Å²) in [5.74, 6) is 0.881. The molecule has 1 aromatic rings. The maximum absolute atomic E-state index is 13.4. The number of fused-ring (bicyclic) bond motifs is 1. The van der Waals surface area contributed by atoms with Crippen molar-refractivity contribution < 1.29 is 4.79 Å². The maximum atomic E-state index is 13.4. The van der Waals surface area contributed by atoms with Gasteiger partial charge in [0.15, 0.2) is 0 Å². The molecule has 2 unspecified atom stereocenters. The van der Waals surface area contributed by atoms with Gasteiger partial charge in [-0.2, -0.15) is 0 Å². The van der Waals surface area contributed by atoms with Crippen LogP contribution in [0.5, 0.6) is 0 Å². The predicted octanol–water partition coefficient (Wildman–Crippen LogP) is 6.13. The number of nitrogens with zero attached hydrogens (tertiary/aromatic N) is 2. The highest BCUT2D eigenvalue weighted by Gasteiger charge is 2.42. The number of carbonyl (C=O) groups is 1. The Bertz CT molecular complexity index is 1190. The van der Waals surface area contributed by atoms with Gasteiger partial charge in [0.25, 0.3) is 0 Å². The van der Waals surface area contributed by atoms with Crippen LogP contribution in [0, 0.1) is 11.3 Å². The van der Waals surface area contributed by atoms with Crippen molar-refractivity contribution in [3.8, 4) is 0 Å². The molecule has 0 spiro atoms. The Labute approximate surface area is 206 Å². The first kappa shape index (κ1) is 26.1. The van der Waals surface area contributed by atoms with E-state index in [9.17, 15) is 4.79 Å². The van der Waals surface area contributed by atoms with E-state index in [0.29, 0.717) is 18.1 Å². The molecule has 1 aromatic heterocycles. The van der Waals surface area contributed by atoms with Gasteiger partial charge in [-0.05, 0) is 74.2 Å². The summed E-state index contributed by atoms with van der Waals surface area (Å²) in [4.78, 5) is 23.0. The van der Waals surface area contributed by atoms with Crippen molar-refractivity contribution in [3.05, 3.63) is 56.8 Å². The van der Waals surface area contributed by atoms with Crippen LogP contribution in [0.25, 0.3) is 17.7 Å². The van der Waals surface area contributed by atoms with Gasteiger partial charge in [-0.3, -0.25) is 9.79 Å². The molecular formula is C31H42N2O. The maximum Gasteiger partial charge on any atom is 0.143 e. The zero-order valence-electron chi connectivity index (χ0n) is 22.3. The Kier molecular flexibility index (Phi) is 8.28. The predicted molar refractivity (Wildman–Crippen MR) is 146 cm³/mol. The molecule has 0 fully saturated rings. The van der Waals surface area contributed by atoms with Gasteiger partial charge in [0.2, 0.25) is 0 Å². The monoisotopic (exact) mass is 458 g/mol. The third kappa shape index (κ3) is 4.67. The standard InChI is InChI=1S/C31H42N2O/c1-9-16-31(11-3)27(24(20(4)5)13-15-29(31)34)18-22(7)30-23(10-2)26(19-32-8)25-17-21(6)12-14-28(25)33-30/h14,17-19,21H,4,9-13,15-16H2,1-3,5-8H3/b22-18+,32-19?. The number of aromatic nitrogens is 1. The summed E-state index contributed by atoms with van der Waals surface area (Å²) in [5.41, 5.74) is 7.65. The van der Waals surface area contributed by atoms with E-state index in [4.69, 9.17) is 4.98 Å². The Balaban J connectivity index is 2.34. The molecule has 0 aliphatic heterocycles. The molecule has 0 saturated heterocycles. The van der Waals surface area contributed by atoms with E-state index in [0.717, 1.165) is 60.7 Å². The summed E-state index contributed by atoms with van der Waals surface area (Å²) in [7, 11) is 1.84. The van der Waals surface area contributed by atoms with Crippen LogP contribution in [0.15, 0.2) is 34.4 Å². The first-order valence-corrected chi connectivity index (χ1v) is 13.0. The molecule has 0 amide bonds. The summed E-state index contributed by atoms with van der Waals surface area (Å²) < 4.78 is 0. The van der Waals surface area contributed by atoms with Crippen molar-refractivity contribution in [1.29, 1.82) is 0 Å². The van der Waals surface area contributed by atoms with E-state index in [-0.39, 0.29) is 0 Å². The summed E-state index contributed by atoms with van der Waals surface area (Å²) in [6.07, 6.45) is 14.8. The van der Waals surface area contributed by atoms with Crippen LogP contribution in [-0.4, -0.2) is 24.0 Å². The zero-order chi connectivity index (χ0) is 25.0. The lowest BCUT2D eigenvalue weighted by molar-refractivity contribution is -0.127. The lowest BCUT2D eigenvalue weighted by atomic mass is 9.63. The minimum absolute atomic E-state index is 0.380. The van der Waals surface area contributed by atoms with E-state index in [1.165, 1.54) is 27.5 Å². The van der Waals surface area contributed by atoms with Crippen LogP contribution in [0.2, 0.25) is 0 Å². The first-order chi connectivity index (χ1) is 16.2. The fourth-order valence-corrected chi connectivity index (χ4v) is 5.89. The number of allylic oxidation sites excluding steroid dienone is 5. The number of pyridine rings is 1. The van der Waals surface area contributed by atoms with E-state index < -0.39 is 5.41 Å². The highest BCUT2D eigenvalue weighted by molar-refractivity contribution is 5.92. The first-order valence-electron chi connectivity index (χ1n) is 13.0. The molecule has 3 rings (SSSR count). The van der Waals surface area contributed by atoms with Gasteiger partial charge in [-0.25, -0.2) is 4.98 Å². The zero-order valence-corrected chi connectivity index (χ0v) is 22.3. The second kappa shape index (κ2) is 10.8. The van der Waals surface area contributed by atoms with Crippen molar-refractivity contribution in [3.63, 3.8) is 0 Å². The molecule has 0 N–H and O–H groups in total. The average Bonchev–Trinajstić information content (AvgIpc) is 2.81. The molecule has 2 atom stereocenters. The smallest absolute Gasteiger partial charge is 0.143 e. The Morgan fingerprint density at radius 3 is 2.59 bits per heavy atom. The number of hydrogen-bond acceptors (Lipinski definition) is 3. The van der Waals surface area contributed by atoms with E-state index in [2.05, 4.69) is 71.3 Å². The van der Waals surface area contributed by atoms with Crippen molar-refractivity contribution in [2.45, 2.75) is 86.5 Å². The van der Waals surface area contributed by atoms with Gasteiger partial charge in [-0.1, -0.05) is 64.5 Å². The summed E-state index contributed by atoms with van der Waals surface area (Å²) in [6.45, 7) is 17.3. The number of rotatable bonds is 8. The van der Waals surface area contributed by atoms with Crippen molar-refractivity contribution in [1.82, 2.24) is 4.98 Å². The van der Waals surface area contributed by atoms with Crippen LogP contribution in [-0.2, 0) is 11.2 Å². The highest BCUT2D eigenvalue weighted by Crippen LogP contribution is 2.47. The van der Waals surface area contributed by atoms with Crippen LogP contribution in [0.4, 0.5) is 0 Å². The Morgan fingerprint density at radius 1 is 1.26 bits per heavy atom. The fourth-order valence-electron chi connectivity index (χ4n) is 5.89. The summed E-state index contributed by atoms with van der Waals surface area (Å²) >= 11 is 0. The molecule has 2 aliphatic carbocycles. The molecule has 0 bridgehead atoms. The summed E-state index contributed by atoms with van der Waals surface area (Å²) in [6, 6.07) is 0. The third-order valence-electron chi connectivity index (χ3n) is 7.66. The minimum Gasteiger partial charge on any atom is -0.299 e. The SMILES string of the molecule is C=C(C)C1=C(/C=C(\C)c2nc3c(c(C=NC)c2CC)=CC(C)CC=3)C(CC)(CCC)C(=O)CC1. The molecule has 1 heterocycles. The van der Waals surface area contributed by atoms with Crippen LogP contribution >= 0.6 is 0 Å². The Hall–Kier alpha value is -2.55. The van der Waals surface area contributed by atoms with Gasteiger partial charge in [0, 0.05) is 30.5 Å². The molecule has 34 heavy (non-hydrogen) atoms. The fraction of sp³-hybridized carbons (Fsp3) is 0.516. The Morgan fingerprint density at radius 2 is 2.00 bits per heavy atom. The topological polar surface area (TPSA) is 42.3 Å². The second-order valence-electron chi connectivity index (χ2n) is 10.1. The van der Waals surface area contributed by atoms with Gasteiger partial charge in [0.1, 0.15) is 5.78 Å². The summed E-state index contributed by atoms with van der Waals surface area (Å²) in [5, 5.41) is 2.26. The van der Waals surface area contributed by atoms with Crippen molar-refractivity contribution >= 4 is 29.7 Å². The van der Waals surface area contributed by atoms with Crippen LogP contribution in [0.1, 0.15) is 96.9 Å². The normalized spacial score (nSPS) is 23.1. The molecule has 182 valence electrons. The van der Waals surface area contributed by atoms with E-state index >= 15 is 0 Å². The lowest BCUT2D eigenvalue weighted by Gasteiger charge is -2.39. The van der Waals surface area contributed by atoms with Crippen LogP contribution in [0.3, 0.4) is 0 Å². The van der Waals surface area contributed by atoms with Crippen LogP contribution < -0.4 is 10.6 Å². The van der Waals surface area contributed by atoms with Crippen molar-refractivity contribution in [2.75, 3.05) is 7.05 Å². The number of aliphatic imine (C=N–C) groups is 1. The average molecular weight is 459 g/mol. The van der Waals surface area contributed by atoms with E-state index in [1.54, 1.807) is 0 Å². The number of Topliss-reactive ketones (excluding diaryl/α,β-unsaturated/α-hetero) is 1. The molecule has 0 saturated carbocycles. The van der Waals surface area contributed by atoms with Crippen molar-refractivity contribution in [2.24, 2.45) is 16.3 Å². The highest BCUT2D eigenvalue weighted by atomic mass is 16.1. The molecule has 2 aliphatic rings. The number of carbonyl (C=O) groups excluding carboxylic acids is 1. The largest absolute Gasteiger partial charge is 0.299 e. The number of hydrogen-bond donors (Lipinski definition) is 0. The molecule has 3 heteroatoms. The number of ketones is 1. The molecule has 0 aromatic carbocycles. The molecular weight excluding hydrogens is 416 g/mol. The molecule has 0 radical (unpaired) electrons. The van der Waals surface area contributed by atoms with E-state index in [1.807, 2.05) is 13.3 Å². The minimum atomic E-state index is -0.424. The molecule has 3 nitrogen and oxygen atoms in total. The quantitative estimate of drug-likeness (QED) is 0.440. The van der Waals surface area contributed by atoms with Gasteiger partial charge < -0.3 is 0 Å². The third-order valence-corrected chi connectivity index (χ3v) is 7.66.